The van der Waals surface area contributed by atoms with Crippen molar-refractivity contribution in [2.75, 3.05) is 52.4 Å². The summed E-state index contributed by atoms with van der Waals surface area (Å²) in [5.41, 5.74) is 0.691. The van der Waals surface area contributed by atoms with Crippen molar-refractivity contribution < 1.29 is 18.9 Å². The Labute approximate surface area is 171 Å². The molecule has 1 aromatic carbocycles. The number of hydrogen-bond acceptors (Lipinski definition) is 5. The van der Waals surface area contributed by atoms with E-state index in [2.05, 4.69) is 15.6 Å². The summed E-state index contributed by atoms with van der Waals surface area (Å²) in [4.78, 5) is 4.30. The molecule has 0 unspecified atom stereocenters. The second-order valence-electron chi connectivity index (χ2n) is 6.26. The van der Waals surface area contributed by atoms with Crippen LogP contribution in [0.25, 0.3) is 0 Å². The van der Waals surface area contributed by atoms with Gasteiger partial charge < -0.3 is 29.6 Å². The molecule has 2 N–H and O–H groups in total. The molecule has 0 saturated carbocycles. The highest BCUT2D eigenvalue weighted by atomic mass is 127. The highest BCUT2D eigenvalue weighted by molar-refractivity contribution is 14.0. The Kier molecular flexibility index (Phi) is 8.23. The van der Waals surface area contributed by atoms with Gasteiger partial charge in [-0.2, -0.15) is 0 Å². The number of aliphatic imine (C=N–C) groups is 1. The van der Waals surface area contributed by atoms with Gasteiger partial charge in [0, 0.05) is 64.9 Å². The van der Waals surface area contributed by atoms with Crippen LogP contribution in [0.5, 0.6) is 11.5 Å². The van der Waals surface area contributed by atoms with E-state index in [9.17, 15) is 0 Å². The summed E-state index contributed by atoms with van der Waals surface area (Å²) in [6, 6.07) is 5.82. The number of halogens is 1. The molecule has 0 atom stereocenters. The molecule has 0 spiro atoms. The van der Waals surface area contributed by atoms with Gasteiger partial charge in [-0.25, -0.2) is 0 Å². The third-order valence-electron chi connectivity index (χ3n) is 4.65. The fraction of sp³-hybridized carbons (Fsp3) is 0.611. The molecule has 3 rings (SSSR count). The zero-order valence-electron chi connectivity index (χ0n) is 15.4. The summed E-state index contributed by atoms with van der Waals surface area (Å²) in [5.74, 6) is 2.24. The third kappa shape index (κ3) is 5.37. The minimum Gasteiger partial charge on any atom is -0.490 e. The van der Waals surface area contributed by atoms with Crippen LogP contribution in [-0.4, -0.2) is 58.7 Å². The lowest BCUT2D eigenvalue weighted by Crippen LogP contribution is -2.49. The highest BCUT2D eigenvalue weighted by Crippen LogP contribution is 2.32. The number of benzene rings is 1. The minimum atomic E-state index is -0.208. The lowest BCUT2D eigenvalue weighted by atomic mass is 9.94. The normalized spacial score (nSPS) is 19.1. The first kappa shape index (κ1) is 21.0. The van der Waals surface area contributed by atoms with Gasteiger partial charge in [-0.15, -0.1) is 24.0 Å². The van der Waals surface area contributed by atoms with Crippen LogP contribution in [0.4, 0.5) is 5.69 Å². The summed E-state index contributed by atoms with van der Waals surface area (Å²) in [5, 5.41) is 6.65. The van der Waals surface area contributed by atoms with Crippen molar-refractivity contribution in [3.8, 4) is 11.5 Å². The van der Waals surface area contributed by atoms with Gasteiger partial charge in [-0.3, -0.25) is 4.99 Å². The van der Waals surface area contributed by atoms with Crippen molar-refractivity contribution in [2.24, 2.45) is 4.99 Å². The van der Waals surface area contributed by atoms with E-state index in [0.717, 1.165) is 49.7 Å². The SMILES string of the molecule is CN=C(NCC1(OC)CCOCC1)Nc1ccc2c(c1)OCCCO2.I. The molecule has 2 aliphatic rings. The van der Waals surface area contributed by atoms with Crippen LogP contribution in [-0.2, 0) is 9.47 Å². The number of guanidine groups is 1. The van der Waals surface area contributed by atoms with Crippen LogP contribution >= 0.6 is 24.0 Å². The first-order valence-corrected chi connectivity index (χ1v) is 8.75. The van der Waals surface area contributed by atoms with E-state index in [1.54, 1.807) is 14.2 Å². The molecule has 2 aliphatic heterocycles. The summed E-state index contributed by atoms with van der Waals surface area (Å²) >= 11 is 0. The molecule has 1 fully saturated rings. The van der Waals surface area contributed by atoms with Gasteiger partial charge in [0.05, 0.1) is 18.8 Å². The molecule has 0 aromatic heterocycles. The lowest BCUT2D eigenvalue weighted by molar-refractivity contribution is -0.0854. The molecule has 26 heavy (non-hydrogen) atoms. The number of hydrogen-bond donors (Lipinski definition) is 2. The third-order valence-corrected chi connectivity index (χ3v) is 4.65. The first-order chi connectivity index (χ1) is 12.2. The van der Waals surface area contributed by atoms with Crippen LogP contribution < -0.4 is 20.1 Å². The maximum absolute atomic E-state index is 5.75. The smallest absolute Gasteiger partial charge is 0.195 e. The van der Waals surface area contributed by atoms with E-state index in [-0.39, 0.29) is 29.6 Å². The maximum atomic E-state index is 5.75. The molecular formula is C18H28IN3O4. The number of nitrogens with one attached hydrogen (secondary N) is 2. The molecule has 146 valence electrons. The predicted molar refractivity (Wildman–Crippen MR) is 112 cm³/mol. The van der Waals surface area contributed by atoms with Gasteiger partial charge in [0.25, 0.3) is 0 Å². The number of methoxy groups -OCH3 is 1. The van der Waals surface area contributed by atoms with Crippen LogP contribution in [0.1, 0.15) is 19.3 Å². The first-order valence-electron chi connectivity index (χ1n) is 8.75. The summed E-state index contributed by atoms with van der Waals surface area (Å²) in [6.07, 6.45) is 2.64. The molecule has 0 aliphatic carbocycles. The maximum Gasteiger partial charge on any atom is 0.195 e. The van der Waals surface area contributed by atoms with E-state index < -0.39 is 0 Å². The van der Waals surface area contributed by atoms with E-state index in [1.807, 2.05) is 18.2 Å². The molecule has 1 aromatic rings. The summed E-state index contributed by atoms with van der Waals surface area (Å²) in [6.45, 7) is 3.48. The average Bonchev–Trinajstić information content (AvgIpc) is 2.90. The Hall–Kier alpha value is -1.26. The molecule has 0 radical (unpaired) electrons. The zero-order chi connectivity index (χ0) is 17.5. The lowest BCUT2D eigenvalue weighted by Gasteiger charge is -2.36. The number of nitrogens with zero attached hydrogens (tertiary/aromatic N) is 1. The van der Waals surface area contributed by atoms with Crippen molar-refractivity contribution >= 4 is 35.6 Å². The van der Waals surface area contributed by atoms with E-state index >= 15 is 0 Å². The monoisotopic (exact) mass is 477 g/mol. The fourth-order valence-electron chi connectivity index (χ4n) is 3.00. The van der Waals surface area contributed by atoms with Gasteiger partial charge >= 0.3 is 0 Å². The largest absolute Gasteiger partial charge is 0.490 e. The van der Waals surface area contributed by atoms with Crippen molar-refractivity contribution in [1.82, 2.24) is 5.32 Å². The van der Waals surface area contributed by atoms with E-state index in [0.29, 0.717) is 25.7 Å². The molecule has 7 nitrogen and oxygen atoms in total. The van der Waals surface area contributed by atoms with Gasteiger partial charge in [-0.05, 0) is 12.1 Å². The molecule has 1 saturated heterocycles. The highest BCUT2D eigenvalue weighted by Gasteiger charge is 2.32. The molecular weight excluding hydrogens is 449 g/mol. The molecule has 2 heterocycles. The van der Waals surface area contributed by atoms with Crippen molar-refractivity contribution in [3.05, 3.63) is 18.2 Å². The number of anilines is 1. The van der Waals surface area contributed by atoms with Crippen molar-refractivity contribution in [3.63, 3.8) is 0 Å². The Balaban J connectivity index is 0.00000243. The Morgan fingerprint density at radius 2 is 1.88 bits per heavy atom. The van der Waals surface area contributed by atoms with Gasteiger partial charge in [0.15, 0.2) is 17.5 Å². The van der Waals surface area contributed by atoms with Crippen LogP contribution in [0, 0.1) is 0 Å². The topological polar surface area (TPSA) is 73.3 Å². The minimum absolute atomic E-state index is 0. The number of ether oxygens (including phenoxy) is 4. The number of fused-ring (bicyclic) bond motifs is 1. The Morgan fingerprint density at radius 1 is 1.15 bits per heavy atom. The standard InChI is InChI=1S/C18H27N3O4.HI/c1-19-17(20-13-18(22-2)6-10-23-11-7-18)21-14-4-5-15-16(12-14)25-9-3-8-24-15;/h4-5,12H,3,6-11,13H2,1-2H3,(H2,19,20,21);1H. The van der Waals surface area contributed by atoms with Gasteiger partial charge in [0.2, 0.25) is 0 Å². The van der Waals surface area contributed by atoms with Gasteiger partial charge in [0.1, 0.15) is 0 Å². The van der Waals surface area contributed by atoms with Crippen LogP contribution in [0.15, 0.2) is 23.2 Å². The second kappa shape index (κ2) is 10.2. The Bertz CT molecular complexity index is 606. The molecule has 0 amide bonds. The Morgan fingerprint density at radius 3 is 2.58 bits per heavy atom. The van der Waals surface area contributed by atoms with Crippen molar-refractivity contribution in [2.45, 2.75) is 24.9 Å². The quantitative estimate of drug-likeness (QED) is 0.395. The van der Waals surface area contributed by atoms with Crippen LogP contribution in [0.2, 0.25) is 0 Å². The van der Waals surface area contributed by atoms with Crippen LogP contribution in [0.3, 0.4) is 0 Å². The zero-order valence-corrected chi connectivity index (χ0v) is 17.7. The molecule has 0 bridgehead atoms. The fourth-order valence-corrected chi connectivity index (χ4v) is 3.00. The summed E-state index contributed by atoms with van der Waals surface area (Å²) in [7, 11) is 3.51. The van der Waals surface area contributed by atoms with E-state index in [4.69, 9.17) is 18.9 Å². The predicted octanol–water partition coefficient (Wildman–Crippen LogP) is 2.65. The van der Waals surface area contributed by atoms with E-state index in [1.165, 1.54) is 0 Å². The average molecular weight is 477 g/mol. The molecule has 8 heteroatoms. The second-order valence-corrected chi connectivity index (χ2v) is 6.26. The number of rotatable bonds is 4. The van der Waals surface area contributed by atoms with Crippen molar-refractivity contribution in [1.29, 1.82) is 0 Å². The van der Waals surface area contributed by atoms with Gasteiger partial charge in [-0.1, -0.05) is 0 Å². The summed E-state index contributed by atoms with van der Waals surface area (Å²) < 4.78 is 22.6.